The van der Waals surface area contributed by atoms with Crippen molar-refractivity contribution in [3.8, 4) is 0 Å². The van der Waals surface area contributed by atoms with Crippen molar-refractivity contribution in [2.24, 2.45) is 5.92 Å². The number of amides is 2. The first-order chi connectivity index (χ1) is 10.5. The Morgan fingerprint density at radius 1 is 1.36 bits per heavy atom. The summed E-state index contributed by atoms with van der Waals surface area (Å²) in [7, 11) is 3.62. The molecule has 0 bridgehead atoms. The third-order valence-electron chi connectivity index (χ3n) is 4.02. The Kier molecular flexibility index (Phi) is 5.54. The molecule has 0 aromatic carbocycles. The van der Waals surface area contributed by atoms with Crippen molar-refractivity contribution in [2.45, 2.75) is 19.9 Å². The summed E-state index contributed by atoms with van der Waals surface area (Å²) >= 11 is 0. The van der Waals surface area contributed by atoms with Crippen LogP contribution in [0.5, 0.6) is 0 Å². The topological polar surface area (TPSA) is 70.5 Å². The summed E-state index contributed by atoms with van der Waals surface area (Å²) < 4.78 is 1.79. The van der Waals surface area contributed by atoms with Gasteiger partial charge in [0, 0.05) is 52.4 Å². The molecule has 1 aromatic heterocycles. The SMILES string of the molecule is CNC(=O)C1CN(C)CCN(C(=O)CCn2ccc(C)n2)C1. The van der Waals surface area contributed by atoms with E-state index in [0.29, 0.717) is 32.6 Å². The van der Waals surface area contributed by atoms with Gasteiger partial charge in [-0.05, 0) is 20.0 Å². The maximum absolute atomic E-state index is 12.4. The fraction of sp³-hybridized carbons (Fsp3) is 0.667. The normalized spacial score (nSPS) is 19.8. The van der Waals surface area contributed by atoms with Gasteiger partial charge >= 0.3 is 0 Å². The molecule has 0 radical (unpaired) electrons. The van der Waals surface area contributed by atoms with E-state index < -0.39 is 0 Å². The molecule has 1 fully saturated rings. The molecule has 1 aromatic rings. The maximum Gasteiger partial charge on any atom is 0.225 e. The average molecular weight is 307 g/mol. The second-order valence-corrected chi connectivity index (χ2v) is 5.88. The molecule has 2 amide bonds. The molecule has 1 N–H and O–H groups in total. The van der Waals surface area contributed by atoms with E-state index in [9.17, 15) is 9.59 Å². The summed E-state index contributed by atoms with van der Waals surface area (Å²) in [5.41, 5.74) is 0.948. The zero-order chi connectivity index (χ0) is 16.1. The zero-order valence-corrected chi connectivity index (χ0v) is 13.6. The molecule has 7 nitrogen and oxygen atoms in total. The summed E-state index contributed by atoms with van der Waals surface area (Å²) in [6, 6.07) is 1.92. The van der Waals surface area contributed by atoms with E-state index in [1.807, 2.05) is 26.2 Å². The second kappa shape index (κ2) is 7.40. The van der Waals surface area contributed by atoms with Gasteiger partial charge in [0.15, 0.2) is 0 Å². The first-order valence-corrected chi connectivity index (χ1v) is 7.67. The molecule has 7 heteroatoms. The van der Waals surface area contributed by atoms with Crippen molar-refractivity contribution < 1.29 is 9.59 Å². The summed E-state index contributed by atoms with van der Waals surface area (Å²) in [5.74, 6) is -0.0972. The van der Waals surface area contributed by atoms with Crippen LogP contribution in [0.4, 0.5) is 0 Å². The van der Waals surface area contributed by atoms with Crippen molar-refractivity contribution in [1.82, 2.24) is 24.9 Å². The highest BCUT2D eigenvalue weighted by Gasteiger charge is 2.28. The van der Waals surface area contributed by atoms with E-state index in [4.69, 9.17) is 0 Å². The van der Waals surface area contributed by atoms with Crippen LogP contribution >= 0.6 is 0 Å². The lowest BCUT2D eigenvalue weighted by Crippen LogP contribution is -2.41. The average Bonchev–Trinajstić information content (AvgIpc) is 2.81. The minimum absolute atomic E-state index is 0.00532. The molecule has 1 aliphatic heterocycles. The van der Waals surface area contributed by atoms with Gasteiger partial charge in [-0.15, -0.1) is 0 Å². The Balaban J connectivity index is 1.93. The predicted molar refractivity (Wildman–Crippen MR) is 83.2 cm³/mol. The minimum Gasteiger partial charge on any atom is -0.359 e. The standard InChI is InChI=1S/C15H25N5O2/c1-12-4-6-20(17-12)7-5-14(21)19-9-8-18(3)10-13(11-19)15(22)16-2/h4,6,13H,5,7-11H2,1-3H3,(H,16,22). The largest absolute Gasteiger partial charge is 0.359 e. The highest BCUT2D eigenvalue weighted by Crippen LogP contribution is 2.10. The highest BCUT2D eigenvalue weighted by atomic mass is 16.2. The van der Waals surface area contributed by atoms with Gasteiger partial charge in [-0.3, -0.25) is 14.3 Å². The molecule has 0 aliphatic carbocycles. The van der Waals surface area contributed by atoms with Crippen LogP contribution in [-0.4, -0.2) is 71.7 Å². The molecule has 0 saturated carbocycles. The Morgan fingerprint density at radius 3 is 2.77 bits per heavy atom. The Bertz CT molecular complexity index is 528. The molecule has 122 valence electrons. The highest BCUT2D eigenvalue weighted by molar-refractivity contribution is 5.81. The molecule has 1 atom stereocenters. The number of likely N-dealkylation sites (N-methyl/N-ethyl adjacent to an activating group) is 1. The third kappa shape index (κ3) is 4.30. The lowest BCUT2D eigenvalue weighted by atomic mass is 10.1. The molecule has 1 saturated heterocycles. The Morgan fingerprint density at radius 2 is 2.14 bits per heavy atom. The molecule has 1 aliphatic rings. The third-order valence-corrected chi connectivity index (χ3v) is 4.02. The minimum atomic E-state index is -0.173. The van der Waals surface area contributed by atoms with E-state index in [1.165, 1.54) is 0 Å². The number of rotatable bonds is 4. The maximum atomic E-state index is 12.4. The first-order valence-electron chi connectivity index (χ1n) is 7.67. The summed E-state index contributed by atoms with van der Waals surface area (Å²) in [5, 5.41) is 6.97. The molecular weight excluding hydrogens is 282 g/mol. The van der Waals surface area contributed by atoms with Gasteiger partial charge in [0.25, 0.3) is 0 Å². The van der Waals surface area contributed by atoms with E-state index >= 15 is 0 Å². The summed E-state index contributed by atoms with van der Waals surface area (Å²) in [6.07, 6.45) is 2.29. The molecular formula is C15H25N5O2. The molecule has 22 heavy (non-hydrogen) atoms. The van der Waals surface area contributed by atoms with Gasteiger partial charge in [0.05, 0.1) is 11.6 Å². The number of nitrogens with zero attached hydrogens (tertiary/aromatic N) is 4. The van der Waals surface area contributed by atoms with Gasteiger partial charge in [0.1, 0.15) is 0 Å². The van der Waals surface area contributed by atoms with Gasteiger partial charge in [0.2, 0.25) is 11.8 Å². The lowest BCUT2D eigenvalue weighted by molar-refractivity contribution is -0.133. The molecule has 1 unspecified atom stereocenters. The van der Waals surface area contributed by atoms with E-state index in [-0.39, 0.29) is 17.7 Å². The second-order valence-electron chi connectivity index (χ2n) is 5.88. The van der Waals surface area contributed by atoms with Crippen molar-refractivity contribution in [1.29, 1.82) is 0 Å². The van der Waals surface area contributed by atoms with E-state index in [1.54, 1.807) is 16.6 Å². The fourth-order valence-corrected chi connectivity index (χ4v) is 2.73. The number of nitrogens with one attached hydrogen (secondary N) is 1. The summed E-state index contributed by atoms with van der Waals surface area (Å²) in [6.45, 7) is 5.13. The van der Waals surface area contributed by atoms with Crippen LogP contribution in [-0.2, 0) is 16.1 Å². The zero-order valence-electron chi connectivity index (χ0n) is 13.6. The van der Waals surface area contributed by atoms with Gasteiger partial charge in [-0.25, -0.2) is 0 Å². The van der Waals surface area contributed by atoms with Crippen LogP contribution in [0.15, 0.2) is 12.3 Å². The van der Waals surface area contributed by atoms with Crippen LogP contribution in [0.2, 0.25) is 0 Å². The Labute approximate surface area is 131 Å². The summed E-state index contributed by atoms with van der Waals surface area (Å²) in [4.78, 5) is 28.3. The van der Waals surface area contributed by atoms with E-state index in [0.717, 1.165) is 12.2 Å². The molecule has 2 rings (SSSR count). The van der Waals surface area contributed by atoms with Crippen LogP contribution in [0.1, 0.15) is 12.1 Å². The predicted octanol–water partition coefficient (Wildman–Crippen LogP) is -0.282. The van der Waals surface area contributed by atoms with Crippen molar-refractivity contribution in [3.05, 3.63) is 18.0 Å². The van der Waals surface area contributed by atoms with Crippen molar-refractivity contribution >= 4 is 11.8 Å². The smallest absolute Gasteiger partial charge is 0.225 e. The lowest BCUT2D eigenvalue weighted by Gasteiger charge is -2.23. The van der Waals surface area contributed by atoms with Gasteiger partial charge in [-0.2, -0.15) is 5.10 Å². The number of hydrogen-bond acceptors (Lipinski definition) is 4. The van der Waals surface area contributed by atoms with Crippen molar-refractivity contribution in [3.63, 3.8) is 0 Å². The Hall–Kier alpha value is -1.89. The van der Waals surface area contributed by atoms with Crippen LogP contribution in [0.25, 0.3) is 0 Å². The monoisotopic (exact) mass is 307 g/mol. The number of carbonyl (C=O) groups is 2. The molecule has 0 spiro atoms. The van der Waals surface area contributed by atoms with Crippen LogP contribution < -0.4 is 5.32 Å². The fourth-order valence-electron chi connectivity index (χ4n) is 2.73. The van der Waals surface area contributed by atoms with E-state index in [2.05, 4.69) is 15.3 Å². The number of aryl methyl sites for hydroxylation is 2. The quantitative estimate of drug-likeness (QED) is 0.830. The number of aromatic nitrogens is 2. The van der Waals surface area contributed by atoms with Crippen LogP contribution in [0.3, 0.4) is 0 Å². The first kappa shape index (κ1) is 16.5. The van der Waals surface area contributed by atoms with Crippen LogP contribution in [0, 0.1) is 12.8 Å². The molecule has 2 heterocycles. The van der Waals surface area contributed by atoms with Gasteiger partial charge in [-0.1, -0.05) is 0 Å². The van der Waals surface area contributed by atoms with Gasteiger partial charge < -0.3 is 15.1 Å². The number of carbonyl (C=O) groups excluding carboxylic acids is 2. The number of hydrogen-bond donors (Lipinski definition) is 1. The van der Waals surface area contributed by atoms with Crippen molar-refractivity contribution in [2.75, 3.05) is 40.3 Å².